The highest BCUT2D eigenvalue weighted by atomic mass is 79.9. The van der Waals surface area contributed by atoms with Crippen molar-refractivity contribution < 1.29 is 9.53 Å². The first-order chi connectivity index (χ1) is 7.19. The molecule has 0 heterocycles. The van der Waals surface area contributed by atoms with E-state index >= 15 is 0 Å². The minimum Gasteiger partial charge on any atom is -0.493 e. The molecule has 1 aromatic rings. The second-order valence-electron chi connectivity index (χ2n) is 3.25. The lowest BCUT2D eigenvalue weighted by molar-refractivity contribution is 0.0981. The zero-order valence-corrected chi connectivity index (χ0v) is 10.6. The lowest BCUT2D eigenvalue weighted by Gasteiger charge is -2.07. The van der Waals surface area contributed by atoms with Gasteiger partial charge in [0.15, 0.2) is 5.78 Å². The molecule has 0 aliphatic carbocycles. The van der Waals surface area contributed by atoms with Crippen molar-refractivity contribution in [2.45, 2.75) is 26.7 Å². The standard InChI is InChI=1S/C12H15BrO2/c1-3-5-11(14)9-6-7-12(15-4-2)10(13)8-9/h6-8H,3-5H2,1-2H3. The van der Waals surface area contributed by atoms with Crippen LogP contribution in [0.3, 0.4) is 0 Å². The third kappa shape index (κ3) is 3.34. The van der Waals surface area contributed by atoms with E-state index < -0.39 is 0 Å². The van der Waals surface area contributed by atoms with Crippen LogP contribution < -0.4 is 4.74 Å². The summed E-state index contributed by atoms with van der Waals surface area (Å²) in [6.07, 6.45) is 1.48. The molecule has 1 aromatic carbocycles. The summed E-state index contributed by atoms with van der Waals surface area (Å²) < 4.78 is 6.21. The van der Waals surface area contributed by atoms with E-state index in [1.165, 1.54) is 0 Å². The zero-order valence-electron chi connectivity index (χ0n) is 9.05. The van der Waals surface area contributed by atoms with Crippen LogP contribution >= 0.6 is 15.9 Å². The Morgan fingerprint density at radius 3 is 2.67 bits per heavy atom. The van der Waals surface area contributed by atoms with Gasteiger partial charge in [0.05, 0.1) is 11.1 Å². The smallest absolute Gasteiger partial charge is 0.162 e. The quantitative estimate of drug-likeness (QED) is 0.761. The Kier molecular flexibility index (Phi) is 4.82. The lowest BCUT2D eigenvalue weighted by Crippen LogP contribution is -1.99. The summed E-state index contributed by atoms with van der Waals surface area (Å²) in [5, 5.41) is 0. The predicted molar refractivity (Wildman–Crippen MR) is 64.5 cm³/mol. The summed E-state index contributed by atoms with van der Waals surface area (Å²) in [5.74, 6) is 0.965. The van der Waals surface area contributed by atoms with E-state index in [2.05, 4.69) is 15.9 Å². The molecule has 0 aromatic heterocycles. The first-order valence-corrected chi connectivity index (χ1v) is 5.93. The Balaban J connectivity index is 2.86. The molecule has 0 N–H and O–H groups in total. The molecule has 1 rings (SSSR count). The largest absolute Gasteiger partial charge is 0.493 e. The van der Waals surface area contributed by atoms with E-state index in [0.717, 1.165) is 22.2 Å². The Labute approximate surface area is 98.8 Å². The number of hydrogen-bond donors (Lipinski definition) is 0. The first-order valence-electron chi connectivity index (χ1n) is 5.14. The van der Waals surface area contributed by atoms with Crippen LogP contribution in [0.4, 0.5) is 0 Å². The second-order valence-corrected chi connectivity index (χ2v) is 4.11. The van der Waals surface area contributed by atoms with Gasteiger partial charge in [0, 0.05) is 12.0 Å². The van der Waals surface area contributed by atoms with E-state index in [1.807, 2.05) is 32.0 Å². The summed E-state index contributed by atoms with van der Waals surface area (Å²) in [6, 6.07) is 5.47. The van der Waals surface area contributed by atoms with Crippen molar-refractivity contribution in [1.29, 1.82) is 0 Å². The maximum absolute atomic E-state index is 11.6. The van der Waals surface area contributed by atoms with Gasteiger partial charge >= 0.3 is 0 Å². The average molecular weight is 271 g/mol. The van der Waals surface area contributed by atoms with Gasteiger partial charge in [0.1, 0.15) is 5.75 Å². The summed E-state index contributed by atoms with van der Waals surface area (Å²) in [4.78, 5) is 11.6. The summed E-state index contributed by atoms with van der Waals surface area (Å²) in [6.45, 7) is 4.56. The van der Waals surface area contributed by atoms with Crippen LogP contribution in [-0.2, 0) is 0 Å². The van der Waals surface area contributed by atoms with Gasteiger partial charge in [0.25, 0.3) is 0 Å². The Morgan fingerprint density at radius 1 is 1.40 bits per heavy atom. The van der Waals surface area contributed by atoms with Gasteiger partial charge in [0.2, 0.25) is 0 Å². The van der Waals surface area contributed by atoms with Crippen molar-refractivity contribution in [2.24, 2.45) is 0 Å². The van der Waals surface area contributed by atoms with Crippen LogP contribution in [0.2, 0.25) is 0 Å². The summed E-state index contributed by atoms with van der Waals surface area (Å²) in [7, 11) is 0. The highest BCUT2D eigenvalue weighted by Gasteiger charge is 2.07. The van der Waals surface area contributed by atoms with Crippen molar-refractivity contribution in [2.75, 3.05) is 6.61 Å². The highest BCUT2D eigenvalue weighted by molar-refractivity contribution is 9.10. The number of halogens is 1. The minimum absolute atomic E-state index is 0.182. The molecular weight excluding hydrogens is 256 g/mol. The van der Waals surface area contributed by atoms with E-state index in [4.69, 9.17) is 4.74 Å². The number of carbonyl (C=O) groups excluding carboxylic acids is 1. The SMILES string of the molecule is CCCC(=O)c1ccc(OCC)c(Br)c1. The second kappa shape index (κ2) is 5.91. The van der Waals surface area contributed by atoms with Crippen molar-refractivity contribution >= 4 is 21.7 Å². The molecule has 0 spiro atoms. The number of carbonyl (C=O) groups is 1. The molecular formula is C12H15BrO2. The molecule has 15 heavy (non-hydrogen) atoms. The number of ketones is 1. The molecule has 0 atom stereocenters. The van der Waals surface area contributed by atoms with Crippen LogP contribution in [-0.4, -0.2) is 12.4 Å². The summed E-state index contributed by atoms with van der Waals surface area (Å²) in [5.41, 5.74) is 0.743. The van der Waals surface area contributed by atoms with E-state index in [1.54, 1.807) is 0 Å². The van der Waals surface area contributed by atoms with E-state index in [-0.39, 0.29) is 5.78 Å². The minimum atomic E-state index is 0.182. The van der Waals surface area contributed by atoms with Crippen LogP contribution in [0.15, 0.2) is 22.7 Å². The van der Waals surface area contributed by atoms with E-state index in [9.17, 15) is 4.79 Å². The van der Waals surface area contributed by atoms with Gasteiger partial charge in [-0.05, 0) is 47.5 Å². The monoisotopic (exact) mass is 270 g/mol. The summed E-state index contributed by atoms with van der Waals surface area (Å²) >= 11 is 3.39. The molecule has 0 fully saturated rings. The highest BCUT2D eigenvalue weighted by Crippen LogP contribution is 2.26. The van der Waals surface area contributed by atoms with Crippen LogP contribution in [0, 0.1) is 0 Å². The van der Waals surface area contributed by atoms with Gasteiger partial charge in [-0.1, -0.05) is 6.92 Å². The fraction of sp³-hybridized carbons (Fsp3) is 0.417. The molecule has 0 saturated carbocycles. The van der Waals surface area contributed by atoms with Crippen LogP contribution in [0.5, 0.6) is 5.75 Å². The molecule has 82 valence electrons. The van der Waals surface area contributed by atoms with Crippen LogP contribution in [0.25, 0.3) is 0 Å². The van der Waals surface area contributed by atoms with Gasteiger partial charge in [-0.15, -0.1) is 0 Å². The maximum atomic E-state index is 11.6. The molecule has 0 saturated heterocycles. The van der Waals surface area contributed by atoms with Crippen molar-refractivity contribution in [3.05, 3.63) is 28.2 Å². The van der Waals surface area contributed by atoms with Crippen molar-refractivity contribution in [1.82, 2.24) is 0 Å². The lowest BCUT2D eigenvalue weighted by atomic mass is 10.1. The molecule has 0 radical (unpaired) electrons. The first kappa shape index (κ1) is 12.2. The number of hydrogen-bond acceptors (Lipinski definition) is 2. The van der Waals surface area contributed by atoms with Gasteiger partial charge in [-0.2, -0.15) is 0 Å². The fourth-order valence-electron chi connectivity index (χ4n) is 1.32. The zero-order chi connectivity index (χ0) is 11.3. The number of ether oxygens (including phenoxy) is 1. The Morgan fingerprint density at radius 2 is 2.13 bits per heavy atom. The van der Waals surface area contributed by atoms with E-state index in [0.29, 0.717) is 13.0 Å². The molecule has 0 aliphatic rings. The topological polar surface area (TPSA) is 26.3 Å². The predicted octanol–water partition coefficient (Wildman–Crippen LogP) is 3.83. The molecule has 0 unspecified atom stereocenters. The molecule has 3 heteroatoms. The number of rotatable bonds is 5. The average Bonchev–Trinajstić information content (AvgIpc) is 2.21. The molecule has 0 bridgehead atoms. The number of benzene rings is 1. The third-order valence-electron chi connectivity index (χ3n) is 2.03. The van der Waals surface area contributed by atoms with Gasteiger partial charge in [-0.25, -0.2) is 0 Å². The molecule has 2 nitrogen and oxygen atoms in total. The van der Waals surface area contributed by atoms with Crippen LogP contribution in [0.1, 0.15) is 37.0 Å². The Hall–Kier alpha value is -0.830. The third-order valence-corrected chi connectivity index (χ3v) is 2.65. The van der Waals surface area contributed by atoms with Crippen molar-refractivity contribution in [3.8, 4) is 5.75 Å². The normalized spacial score (nSPS) is 10.1. The molecule has 0 aliphatic heterocycles. The molecule has 0 amide bonds. The number of Topliss-reactive ketones (excluding diaryl/α,β-unsaturated/α-hetero) is 1. The van der Waals surface area contributed by atoms with Gasteiger partial charge < -0.3 is 4.74 Å². The fourth-order valence-corrected chi connectivity index (χ4v) is 1.81. The van der Waals surface area contributed by atoms with Crippen molar-refractivity contribution in [3.63, 3.8) is 0 Å². The maximum Gasteiger partial charge on any atom is 0.162 e. The van der Waals surface area contributed by atoms with Gasteiger partial charge in [-0.3, -0.25) is 4.79 Å². The Bertz CT molecular complexity index is 347.